The van der Waals surface area contributed by atoms with Gasteiger partial charge < -0.3 is 15.0 Å². The van der Waals surface area contributed by atoms with E-state index in [4.69, 9.17) is 4.74 Å². The molecule has 2 rings (SSSR count). The van der Waals surface area contributed by atoms with Crippen molar-refractivity contribution in [1.29, 1.82) is 0 Å². The lowest BCUT2D eigenvalue weighted by atomic mass is 9.90. The summed E-state index contributed by atoms with van der Waals surface area (Å²) in [6.45, 7) is 10.2. The summed E-state index contributed by atoms with van der Waals surface area (Å²) in [7, 11) is 0. The van der Waals surface area contributed by atoms with Crippen LogP contribution >= 0.6 is 0 Å². The maximum atomic E-state index is 12.8. The molecule has 0 aromatic rings. The highest BCUT2D eigenvalue weighted by Gasteiger charge is 2.44. The number of nitrogens with one attached hydrogen (secondary N) is 1. The van der Waals surface area contributed by atoms with Gasteiger partial charge in [-0.3, -0.25) is 9.59 Å². The molecule has 0 aliphatic carbocycles. The highest BCUT2D eigenvalue weighted by molar-refractivity contribution is 5.97. The van der Waals surface area contributed by atoms with Crippen LogP contribution in [0.4, 0.5) is 0 Å². The first kappa shape index (κ1) is 16.3. The first-order valence-corrected chi connectivity index (χ1v) is 8.14. The molecule has 2 heterocycles. The number of hydrogen-bond acceptors (Lipinski definition) is 3. The zero-order valence-corrected chi connectivity index (χ0v) is 13.6. The number of carbonyl (C=O) groups is 2. The summed E-state index contributed by atoms with van der Waals surface area (Å²) in [6.07, 6.45) is 1.85. The highest BCUT2D eigenvalue weighted by atomic mass is 16.5. The van der Waals surface area contributed by atoms with Gasteiger partial charge in [0.15, 0.2) is 0 Å². The average Bonchev–Trinajstić information content (AvgIpc) is 2.94. The van der Waals surface area contributed by atoms with E-state index in [0.29, 0.717) is 19.1 Å². The Morgan fingerprint density at radius 2 is 2.05 bits per heavy atom. The Hall–Kier alpha value is -1.10. The van der Waals surface area contributed by atoms with Crippen molar-refractivity contribution in [2.75, 3.05) is 19.8 Å². The molecule has 0 bridgehead atoms. The molecular formula is C16H28N2O3. The molecular weight excluding hydrogens is 268 g/mol. The van der Waals surface area contributed by atoms with E-state index in [1.165, 1.54) is 0 Å². The number of ether oxygens (including phenoxy) is 1. The van der Waals surface area contributed by atoms with Gasteiger partial charge in [0.1, 0.15) is 12.1 Å². The van der Waals surface area contributed by atoms with Gasteiger partial charge in [-0.2, -0.15) is 0 Å². The van der Waals surface area contributed by atoms with Crippen molar-refractivity contribution in [2.45, 2.75) is 52.6 Å². The van der Waals surface area contributed by atoms with E-state index in [0.717, 1.165) is 19.4 Å². The van der Waals surface area contributed by atoms with Crippen molar-refractivity contribution in [1.82, 2.24) is 10.2 Å². The summed E-state index contributed by atoms with van der Waals surface area (Å²) in [5.74, 6) is 0.716. The molecule has 0 aromatic heterocycles. The summed E-state index contributed by atoms with van der Waals surface area (Å²) in [6, 6.07) is -0.724. The molecule has 5 heteroatoms. The van der Waals surface area contributed by atoms with Crippen LogP contribution < -0.4 is 5.32 Å². The number of piperazine rings is 1. The molecule has 1 N–H and O–H groups in total. The maximum Gasteiger partial charge on any atom is 0.246 e. The average molecular weight is 296 g/mol. The second-order valence-electron chi connectivity index (χ2n) is 6.78. The van der Waals surface area contributed by atoms with E-state index >= 15 is 0 Å². The third-order valence-electron chi connectivity index (χ3n) is 4.77. The van der Waals surface area contributed by atoms with E-state index in [2.05, 4.69) is 5.32 Å². The SMILES string of the molecule is CCC(C)C1NC(=O)C(C(C)C)N(CC2CCOC2)C1=O. The minimum atomic E-state index is -0.375. The third-order valence-corrected chi connectivity index (χ3v) is 4.77. The van der Waals surface area contributed by atoms with Crippen molar-refractivity contribution in [2.24, 2.45) is 17.8 Å². The van der Waals surface area contributed by atoms with Crippen molar-refractivity contribution in [3.8, 4) is 0 Å². The number of amides is 2. The summed E-state index contributed by atoms with van der Waals surface area (Å²) < 4.78 is 5.41. The summed E-state index contributed by atoms with van der Waals surface area (Å²) in [5.41, 5.74) is 0. The first-order chi connectivity index (χ1) is 9.95. The van der Waals surface area contributed by atoms with Crippen LogP contribution in [0.1, 0.15) is 40.5 Å². The Bertz CT molecular complexity index is 391. The quantitative estimate of drug-likeness (QED) is 0.835. The number of rotatable bonds is 5. The van der Waals surface area contributed by atoms with Gasteiger partial charge in [0.05, 0.1) is 6.61 Å². The van der Waals surface area contributed by atoms with Crippen molar-refractivity contribution >= 4 is 11.8 Å². The Kier molecular flexibility index (Phi) is 5.25. The summed E-state index contributed by atoms with van der Waals surface area (Å²) in [5, 5.41) is 2.94. The molecule has 0 aromatic carbocycles. The molecule has 4 unspecified atom stereocenters. The molecule has 2 fully saturated rings. The van der Waals surface area contributed by atoms with Gasteiger partial charge in [-0.05, 0) is 18.3 Å². The Morgan fingerprint density at radius 3 is 2.57 bits per heavy atom. The third kappa shape index (κ3) is 3.39. The first-order valence-electron chi connectivity index (χ1n) is 8.14. The standard InChI is InChI=1S/C16H28N2O3/c1-5-11(4)13-16(20)18(8-12-6-7-21-9-12)14(10(2)3)15(19)17-13/h10-14H,5-9H2,1-4H3,(H,17,19). The fourth-order valence-corrected chi connectivity index (χ4v) is 3.25. The number of nitrogens with zero attached hydrogens (tertiary/aromatic N) is 1. The Balaban J connectivity index is 2.19. The van der Waals surface area contributed by atoms with Crippen molar-refractivity contribution in [3.63, 3.8) is 0 Å². The minimum absolute atomic E-state index is 0.00573. The molecule has 0 radical (unpaired) electrons. The summed E-state index contributed by atoms with van der Waals surface area (Å²) in [4.78, 5) is 27.1. The van der Waals surface area contributed by atoms with Gasteiger partial charge in [0.25, 0.3) is 0 Å². The van der Waals surface area contributed by atoms with E-state index in [9.17, 15) is 9.59 Å². The van der Waals surface area contributed by atoms with Crippen molar-refractivity contribution < 1.29 is 14.3 Å². The van der Waals surface area contributed by atoms with Gasteiger partial charge in [-0.15, -0.1) is 0 Å². The van der Waals surface area contributed by atoms with E-state index in [1.807, 2.05) is 32.6 Å². The van der Waals surface area contributed by atoms with Crippen LogP contribution in [0.2, 0.25) is 0 Å². The van der Waals surface area contributed by atoms with Gasteiger partial charge >= 0.3 is 0 Å². The molecule has 120 valence electrons. The second kappa shape index (κ2) is 6.77. The Morgan fingerprint density at radius 1 is 1.33 bits per heavy atom. The van der Waals surface area contributed by atoms with Gasteiger partial charge in [-0.25, -0.2) is 0 Å². The van der Waals surface area contributed by atoms with Crippen LogP contribution in [0.25, 0.3) is 0 Å². The normalized spacial score (nSPS) is 31.7. The summed E-state index contributed by atoms with van der Waals surface area (Å²) >= 11 is 0. The predicted molar refractivity (Wildman–Crippen MR) is 80.7 cm³/mol. The fraction of sp³-hybridized carbons (Fsp3) is 0.875. The highest BCUT2D eigenvalue weighted by Crippen LogP contribution is 2.25. The number of carbonyl (C=O) groups excluding carboxylic acids is 2. The molecule has 2 aliphatic rings. The van der Waals surface area contributed by atoms with Crippen molar-refractivity contribution in [3.05, 3.63) is 0 Å². The fourth-order valence-electron chi connectivity index (χ4n) is 3.25. The monoisotopic (exact) mass is 296 g/mol. The molecule has 0 saturated carbocycles. The van der Waals surface area contributed by atoms with E-state index in [1.54, 1.807) is 0 Å². The van der Waals surface area contributed by atoms with Crippen LogP contribution in [0, 0.1) is 17.8 Å². The molecule has 21 heavy (non-hydrogen) atoms. The van der Waals surface area contributed by atoms with Gasteiger partial charge in [0, 0.05) is 19.1 Å². The molecule has 2 saturated heterocycles. The molecule has 4 atom stereocenters. The lowest BCUT2D eigenvalue weighted by Crippen LogP contribution is -2.66. The molecule has 2 aliphatic heterocycles. The largest absolute Gasteiger partial charge is 0.381 e. The topological polar surface area (TPSA) is 58.6 Å². The van der Waals surface area contributed by atoms with Crippen LogP contribution in [0.5, 0.6) is 0 Å². The smallest absolute Gasteiger partial charge is 0.246 e. The zero-order valence-electron chi connectivity index (χ0n) is 13.6. The van der Waals surface area contributed by atoms with Crippen LogP contribution in [-0.4, -0.2) is 48.6 Å². The van der Waals surface area contributed by atoms with Crippen LogP contribution in [0.3, 0.4) is 0 Å². The van der Waals surface area contributed by atoms with Gasteiger partial charge in [-0.1, -0.05) is 34.1 Å². The molecule has 2 amide bonds. The molecule has 5 nitrogen and oxygen atoms in total. The van der Waals surface area contributed by atoms with Gasteiger partial charge in [0.2, 0.25) is 11.8 Å². The van der Waals surface area contributed by atoms with Crippen LogP contribution in [-0.2, 0) is 14.3 Å². The maximum absolute atomic E-state index is 12.8. The van der Waals surface area contributed by atoms with E-state index < -0.39 is 0 Å². The Labute approximate surface area is 127 Å². The second-order valence-corrected chi connectivity index (χ2v) is 6.78. The van der Waals surface area contributed by atoms with E-state index in [-0.39, 0.29) is 35.7 Å². The predicted octanol–water partition coefficient (Wildman–Crippen LogP) is 1.42. The van der Waals surface area contributed by atoms with Crippen LogP contribution in [0.15, 0.2) is 0 Å². The lowest BCUT2D eigenvalue weighted by Gasteiger charge is -2.43. The molecule has 0 spiro atoms. The zero-order chi connectivity index (χ0) is 15.6. The number of hydrogen-bond donors (Lipinski definition) is 1. The lowest BCUT2D eigenvalue weighted by molar-refractivity contribution is -0.153. The minimum Gasteiger partial charge on any atom is -0.381 e.